The van der Waals surface area contributed by atoms with E-state index >= 15 is 0 Å². The van der Waals surface area contributed by atoms with Crippen molar-refractivity contribution in [3.8, 4) is 0 Å². The minimum Gasteiger partial charge on any atom is -0.341 e. The average molecular weight is 409 g/mol. The molecule has 0 aromatic heterocycles. The SMILES string of the molecule is C[C@@H]1[C@@H]2CC[C@@H](C)[C@]3(C)CC[C@@]4(C)OO[C@@]23[C@@H](O4)O[C@@]1(OCCN)C(F)(F)F. The Balaban J connectivity index is 1.86. The summed E-state index contributed by atoms with van der Waals surface area (Å²) in [7, 11) is 0. The molecule has 4 saturated heterocycles. The average Bonchev–Trinajstić information content (AvgIpc) is 2.79. The van der Waals surface area contributed by atoms with Crippen LogP contribution in [0, 0.1) is 23.2 Å². The van der Waals surface area contributed by atoms with Gasteiger partial charge in [0.1, 0.15) is 0 Å². The highest BCUT2D eigenvalue weighted by Crippen LogP contribution is 2.68. The van der Waals surface area contributed by atoms with Gasteiger partial charge in [-0.25, -0.2) is 9.78 Å². The van der Waals surface area contributed by atoms with Crippen LogP contribution in [0.3, 0.4) is 0 Å². The van der Waals surface area contributed by atoms with Crippen LogP contribution in [0.5, 0.6) is 0 Å². The zero-order valence-electron chi connectivity index (χ0n) is 16.8. The lowest BCUT2D eigenvalue weighted by atomic mass is 9.49. The van der Waals surface area contributed by atoms with Crippen LogP contribution in [0.2, 0.25) is 0 Å². The highest BCUT2D eigenvalue weighted by Gasteiger charge is 2.79. The molecule has 0 aromatic carbocycles. The summed E-state index contributed by atoms with van der Waals surface area (Å²) in [4.78, 5) is 11.7. The molecule has 1 spiro atoms. The highest BCUT2D eigenvalue weighted by atomic mass is 19.4. The molecule has 0 radical (unpaired) electrons. The van der Waals surface area contributed by atoms with Crippen LogP contribution in [-0.2, 0) is 24.0 Å². The Labute approximate surface area is 163 Å². The summed E-state index contributed by atoms with van der Waals surface area (Å²) in [6, 6.07) is 0. The first-order chi connectivity index (χ1) is 13.0. The quantitative estimate of drug-likeness (QED) is 0.720. The van der Waals surface area contributed by atoms with Crippen molar-refractivity contribution in [2.75, 3.05) is 13.2 Å². The van der Waals surface area contributed by atoms with E-state index in [1.165, 1.54) is 6.92 Å². The van der Waals surface area contributed by atoms with Crippen LogP contribution in [0.1, 0.15) is 53.4 Å². The number of hydrogen-bond acceptors (Lipinski definition) is 6. The van der Waals surface area contributed by atoms with Gasteiger partial charge in [0.25, 0.3) is 5.79 Å². The second-order valence-corrected chi connectivity index (χ2v) is 9.25. The number of alkyl halides is 3. The lowest BCUT2D eigenvalue weighted by Crippen LogP contribution is -2.78. The second kappa shape index (κ2) is 6.28. The fourth-order valence-electron chi connectivity index (χ4n) is 5.98. The van der Waals surface area contributed by atoms with Crippen LogP contribution in [0.15, 0.2) is 0 Å². The fraction of sp³-hybridized carbons (Fsp3) is 1.00. The van der Waals surface area contributed by atoms with Crippen LogP contribution >= 0.6 is 0 Å². The molecule has 28 heavy (non-hydrogen) atoms. The maximum Gasteiger partial charge on any atom is 0.443 e. The Morgan fingerprint density at radius 1 is 1.07 bits per heavy atom. The first-order valence-corrected chi connectivity index (χ1v) is 10.1. The van der Waals surface area contributed by atoms with E-state index in [0.717, 1.165) is 12.8 Å². The predicted molar refractivity (Wildman–Crippen MR) is 91.4 cm³/mol. The molecule has 5 rings (SSSR count). The van der Waals surface area contributed by atoms with Gasteiger partial charge in [-0.1, -0.05) is 20.8 Å². The van der Waals surface area contributed by atoms with Crippen molar-refractivity contribution >= 4 is 0 Å². The van der Waals surface area contributed by atoms with Gasteiger partial charge in [-0.05, 0) is 32.1 Å². The Hall–Kier alpha value is -0.450. The molecule has 1 aliphatic carbocycles. The number of hydrogen-bond donors (Lipinski definition) is 1. The minimum absolute atomic E-state index is 0.0404. The highest BCUT2D eigenvalue weighted by molar-refractivity contribution is 5.17. The zero-order valence-corrected chi connectivity index (χ0v) is 16.8. The van der Waals surface area contributed by atoms with Gasteiger partial charge in [-0.3, -0.25) is 0 Å². The van der Waals surface area contributed by atoms with Crippen LogP contribution < -0.4 is 5.73 Å². The lowest BCUT2D eigenvalue weighted by Gasteiger charge is -2.66. The van der Waals surface area contributed by atoms with E-state index in [-0.39, 0.29) is 19.1 Å². The smallest absolute Gasteiger partial charge is 0.341 e. The summed E-state index contributed by atoms with van der Waals surface area (Å²) < 4.78 is 60.1. The number of halogens is 3. The maximum absolute atomic E-state index is 14.3. The molecule has 4 heterocycles. The van der Waals surface area contributed by atoms with E-state index in [0.29, 0.717) is 12.8 Å². The molecule has 0 amide bonds. The normalized spacial score (nSPS) is 53.6. The zero-order chi connectivity index (χ0) is 20.6. The molecule has 5 aliphatic rings. The van der Waals surface area contributed by atoms with Gasteiger partial charge in [-0.2, -0.15) is 13.2 Å². The molecule has 9 heteroatoms. The minimum atomic E-state index is -4.75. The van der Waals surface area contributed by atoms with Gasteiger partial charge < -0.3 is 19.9 Å². The Kier molecular flexibility index (Phi) is 4.66. The summed E-state index contributed by atoms with van der Waals surface area (Å²) in [5.74, 6) is -5.25. The summed E-state index contributed by atoms with van der Waals surface area (Å²) in [6.07, 6.45) is -3.42. The van der Waals surface area contributed by atoms with E-state index in [1.807, 2.05) is 0 Å². The maximum atomic E-state index is 14.3. The molecule has 1 saturated carbocycles. The van der Waals surface area contributed by atoms with E-state index in [1.54, 1.807) is 6.92 Å². The predicted octanol–water partition coefficient (Wildman–Crippen LogP) is 3.49. The lowest BCUT2D eigenvalue weighted by molar-refractivity contribution is -0.604. The van der Waals surface area contributed by atoms with Gasteiger partial charge in [0.05, 0.1) is 6.61 Å². The topological polar surface area (TPSA) is 72.2 Å². The molecule has 162 valence electrons. The number of rotatable bonds is 3. The van der Waals surface area contributed by atoms with Crippen molar-refractivity contribution in [2.24, 2.45) is 28.9 Å². The summed E-state index contributed by atoms with van der Waals surface area (Å²) in [5.41, 5.74) is 3.87. The Bertz CT molecular complexity index is 635. The third kappa shape index (κ3) is 2.43. The third-order valence-electron chi connectivity index (χ3n) is 7.92. The molecule has 4 aliphatic heterocycles. The van der Waals surface area contributed by atoms with Crippen molar-refractivity contribution in [1.82, 2.24) is 0 Å². The van der Waals surface area contributed by atoms with Crippen molar-refractivity contribution in [2.45, 2.75) is 83.0 Å². The van der Waals surface area contributed by atoms with E-state index in [2.05, 4.69) is 13.8 Å². The van der Waals surface area contributed by atoms with Gasteiger partial charge in [0, 0.05) is 30.2 Å². The molecule has 2 bridgehead atoms. The van der Waals surface area contributed by atoms with E-state index < -0.39 is 46.9 Å². The number of fused-ring (bicyclic) bond motifs is 2. The van der Waals surface area contributed by atoms with Crippen LogP contribution in [0.4, 0.5) is 13.2 Å². The van der Waals surface area contributed by atoms with Gasteiger partial charge in [0.15, 0.2) is 11.9 Å². The van der Waals surface area contributed by atoms with E-state index in [4.69, 9.17) is 29.7 Å². The van der Waals surface area contributed by atoms with Gasteiger partial charge in [0.2, 0.25) is 5.79 Å². The monoisotopic (exact) mass is 409 g/mol. The molecule has 6 nitrogen and oxygen atoms in total. The standard InChI is InChI=1S/C19H30F3NO5/c1-11-5-6-13-12(2)18(19(20,21)22,24-10-9-23)26-14-17(13)15(11,3)7-8-16(4,25-14)27-28-17/h11-14H,5-10,23H2,1-4H3/t11-,12-,13+,14+,15+,16-,17-,18-/m1/s1. The van der Waals surface area contributed by atoms with Crippen molar-refractivity contribution in [3.63, 3.8) is 0 Å². The van der Waals surface area contributed by atoms with Crippen LogP contribution in [-0.4, -0.2) is 42.8 Å². The molecule has 0 aromatic rings. The van der Waals surface area contributed by atoms with Crippen LogP contribution in [0.25, 0.3) is 0 Å². The summed E-state index contributed by atoms with van der Waals surface area (Å²) in [6.45, 7) is 7.08. The van der Waals surface area contributed by atoms with Crippen molar-refractivity contribution in [1.29, 1.82) is 0 Å². The molecule has 5 fully saturated rings. The number of ether oxygens (including phenoxy) is 3. The van der Waals surface area contributed by atoms with Crippen molar-refractivity contribution in [3.05, 3.63) is 0 Å². The molecular formula is C19H30F3NO5. The molecular weight excluding hydrogens is 379 g/mol. The molecule has 2 N–H and O–H groups in total. The largest absolute Gasteiger partial charge is 0.443 e. The first-order valence-electron chi connectivity index (χ1n) is 10.1. The number of nitrogens with two attached hydrogens (primary N) is 1. The van der Waals surface area contributed by atoms with E-state index in [9.17, 15) is 13.2 Å². The molecule has 0 unspecified atom stereocenters. The fourth-order valence-corrected chi connectivity index (χ4v) is 5.98. The third-order valence-corrected chi connectivity index (χ3v) is 7.92. The Morgan fingerprint density at radius 3 is 2.43 bits per heavy atom. The summed E-state index contributed by atoms with van der Waals surface area (Å²) in [5, 5.41) is 0. The first kappa shape index (κ1) is 20.8. The molecule has 8 atom stereocenters. The Morgan fingerprint density at radius 2 is 1.79 bits per heavy atom. The summed E-state index contributed by atoms with van der Waals surface area (Å²) >= 11 is 0. The van der Waals surface area contributed by atoms with Crippen molar-refractivity contribution < 1.29 is 37.2 Å². The van der Waals surface area contributed by atoms with Gasteiger partial charge >= 0.3 is 6.18 Å². The van der Waals surface area contributed by atoms with Gasteiger partial charge in [-0.15, -0.1) is 0 Å². The second-order valence-electron chi connectivity index (χ2n) is 9.25.